The summed E-state index contributed by atoms with van der Waals surface area (Å²) in [5.74, 6) is -0.276. The van der Waals surface area contributed by atoms with Crippen LogP contribution in [0, 0.1) is 27.7 Å². The number of hydrogen-bond donors (Lipinski definition) is 2. The summed E-state index contributed by atoms with van der Waals surface area (Å²) in [6, 6.07) is 19.9. The fourth-order valence-corrected chi connectivity index (χ4v) is 6.15. The van der Waals surface area contributed by atoms with E-state index in [-0.39, 0.29) is 24.6 Å². The molecule has 2 N–H and O–H groups in total. The van der Waals surface area contributed by atoms with E-state index in [1.165, 1.54) is 18.2 Å². The van der Waals surface area contributed by atoms with Gasteiger partial charge in [0, 0.05) is 36.1 Å². The van der Waals surface area contributed by atoms with Crippen molar-refractivity contribution in [3.05, 3.63) is 106 Å². The lowest BCUT2D eigenvalue weighted by Gasteiger charge is -2.28. The Morgan fingerprint density at radius 3 is 2.45 bits per heavy atom. The van der Waals surface area contributed by atoms with E-state index in [1.807, 2.05) is 30.3 Å². The molecule has 3 heterocycles. The molecule has 1 aliphatic rings. The molecular weight excluding hydrogens is 542 g/mol. The maximum atomic E-state index is 12.1. The molecule has 7 nitrogen and oxygen atoms in total. The third-order valence-electron chi connectivity index (χ3n) is 7.13. The van der Waals surface area contributed by atoms with Crippen molar-refractivity contribution < 1.29 is 9.53 Å². The van der Waals surface area contributed by atoms with Gasteiger partial charge < -0.3 is 24.8 Å². The Balaban J connectivity index is 1.62. The van der Waals surface area contributed by atoms with Crippen LogP contribution >= 0.6 is 23.8 Å². The van der Waals surface area contributed by atoms with E-state index in [2.05, 4.69) is 77.0 Å². The summed E-state index contributed by atoms with van der Waals surface area (Å²) in [6.45, 7) is 8.46. The molecule has 0 radical (unpaired) electrons. The Labute approximate surface area is 245 Å². The summed E-state index contributed by atoms with van der Waals surface area (Å²) < 4.78 is 7.22. The molecule has 0 spiro atoms. The molecule has 40 heavy (non-hydrogen) atoms. The van der Waals surface area contributed by atoms with Crippen LogP contribution in [-0.2, 0) is 9.53 Å². The maximum Gasteiger partial charge on any atom is 0.250 e. The Kier molecular flexibility index (Phi) is 7.94. The Hall–Kier alpha value is -3.72. The highest BCUT2D eigenvalue weighted by Crippen LogP contribution is 2.44. The van der Waals surface area contributed by atoms with Crippen LogP contribution in [0.2, 0.25) is 5.02 Å². The van der Waals surface area contributed by atoms with E-state index in [9.17, 15) is 4.79 Å². The highest BCUT2D eigenvalue weighted by Gasteiger charge is 2.42. The molecule has 1 fully saturated rings. The third-order valence-corrected chi connectivity index (χ3v) is 7.76. The monoisotopic (exact) mass is 573 g/mol. The Morgan fingerprint density at radius 2 is 1.80 bits per heavy atom. The van der Waals surface area contributed by atoms with E-state index < -0.39 is 0 Å². The first kappa shape index (κ1) is 27.8. The maximum absolute atomic E-state index is 12.1. The largest absolute Gasteiger partial charge is 0.375 e. The van der Waals surface area contributed by atoms with Crippen molar-refractivity contribution in [1.82, 2.24) is 14.9 Å². The number of carbonyl (C=O) groups is 1. The van der Waals surface area contributed by atoms with Gasteiger partial charge in [-0.3, -0.25) is 9.78 Å². The minimum absolute atomic E-state index is 0.0535. The molecule has 1 aliphatic heterocycles. The van der Waals surface area contributed by atoms with Crippen molar-refractivity contribution in [1.29, 1.82) is 0 Å². The number of halogens is 1. The summed E-state index contributed by atoms with van der Waals surface area (Å²) in [5, 5.41) is 7.29. The van der Waals surface area contributed by atoms with Gasteiger partial charge in [-0.15, -0.1) is 0 Å². The number of nitrogens with zero attached hydrogens (tertiary/aromatic N) is 3. The summed E-state index contributed by atoms with van der Waals surface area (Å²) in [6.07, 6.45) is 1.80. The summed E-state index contributed by atoms with van der Waals surface area (Å²) >= 11 is 12.6. The van der Waals surface area contributed by atoms with E-state index in [4.69, 9.17) is 28.6 Å². The fraction of sp³-hybridized carbons (Fsp3) is 0.258. The topological polar surface area (TPSA) is 71.4 Å². The van der Waals surface area contributed by atoms with Gasteiger partial charge in [0.05, 0.1) is 28.5 Å². The lowest BCUT2D eigenvalue weighted by Crippen LogP contribution is -2.29. The highest BCUT2D eigenvalue weighted by atomic mass is 35.5. The number of anilines is 2. The van der Waals surface area contributed by atoms with Gasteiger partial charge in [-0.1, -0.05) is 23.7 Å². The van der Waals surface area contributed by atoms with Crippen LogP contribution in [0.25, 0.3) is 5.69 Å². The summed E-state index contributed by atoms with van der Waals surface area (Å²) in [7, 11) is 1.47. The third kappa shape index (κ3) is 5.35. The Morgan fingerprint density at radius 1 is 1.05 bits per heavy atom. The smallest absolute Gasteiger partial charge is 0.250 e. The molecule has 206 valence electrons. The van der Waals surface area contributed by atoms with Gasteiger partial charge >= 0.3 is 0 Å². The molecule has 5 rings (SSSR count). The predicted molar refractivity (Wildman–Crippen MR) is 165 cm³/mol. The number of thiocarbonyl (C=S) groups is 1. The van der Waals surface area contributed by atoms with Crippen LogP contribution in [0.3, 0.4) is 0 Å². The van der Waals surface area contributed by atoms with Crippen molar-refractivity contribution in [3.8, 4) is 5.69 Å². The van der Waals surface area contributed by atoms with Crippen molar-refractivity contribution in [2.45, 2.75) is 39.8 Å². The second kappa shape index (κ2) is 11.4. The zero-order valence-corrected chi connectivity index (χ0v) is 24.7. The van der Waals surface area contributed by atoms with Crippen LogP contribution < -0.4 is 15.5 Å². The van der Waals surface area contributed by atoms with E-state index in [1.54, 1.807) is 12.3 Å². The van der Waals surface area contributed by atoms with Gasteiger partial charge in [-0.2, -0.15) is 0 Å². The first-order valence-corrected chi connectivity index (χ1v) is 13.8. The van der Waals surface area contributed by atoms with Crippen LogP contribution in [0.5, 0.6) is 0 Å². The van der Waals surface area contributed by atoms with E-state index >= 15 is 0 Å². The number of hydrogen-bond acceptors (Lipinski definition) is 4. The van der Waals surface area contributed by atoms with Crippen molar-refractivity contribution in [3.63, 3.8) is 0 Å². The van der Waals surface area contributed by atoms with Crippen molar-refractivity contribution in [2.75, 3.05) is 23.9 Å². The molecular formula is C31H32ClN5O2S. The second-order valence-electron chi connectivity index (χ2n) is 10.1. The van der Waals surface area contributed by atoms with E-state index in [0.29, 0.717) is 15.8 Å². The number of ether oxygens (including phenoxy) is 1. The number of nitrogens with one attached hydrogen (secondary N) is 2. The molecule has 2 aromatic heterocycles. The molecule has 2 aromatic carbocycles. The number of aromatic nitrogens is 2. The van der Waals surface area contributed by atoms with Gasteiger partial charge in [0.1, 0.15) is 6.61 Å². The summed E-state index contributed by atoms with van der Waals surface area (Å²) in [4.78, 5) is 18.9. The van der Waals surface area contributed by atoms with Crippen molar-refractivity contribution >= 4 is 46.2 Å². The molecule has 4 aromatic rings. The van der Waals surface area contributed by atoms with Gasteiger partial charge in [-0.25, -0.2) is 0 Å². The quantitative estimate of drug-likeness (QED) is 0.245. The first-order chi connectivity index (χ1) is 19.2. The number of carbonyl (C=O) groups excluding carboxylic acids is 1. The zero-order chi connectivity index (χ0) is 28.6. The molecule has 1 amide bonds. The minimum Gasteiger partial charge on any atom is -0.375 e. The molecule has 2 unspecified atom stereocenters. The van der Waals surface area contributed by atoms with Gasteiger partial charge in [0.2, 0.25) is 5.91 Å². The number of benzene rings is 2. The molecule has 1 saturated heterocycles. The lowest BCUT2D eigenvalue weighted by atomic mass is 9.96. The van der Waals surface area contributed by atoms with Crippen LogP contribution in [0.15, 0.2) is 66.9 Å². The SMILES string of the molecule is COCC(=O)Nc1ccc(N2C(=S)NC(c3ccccn3)C2c2cc(C)n(-c3cc(C)cc(C)c3)c2C)cc1Cl. The molecule has 0 bridgehead atoms. The van der Waals surface area contributed by atoms with Crippen molar-refractivity contribution in [2.24, 2.45) is 0 Å². The molecule has 9 heteroatoms. The summed E-state index contributed by atoms with van der Waals surface area (Å²) in [5.41, 5.74) is 9.16. The lowest BCUT2D eigenvalue weighted by molar-refractivity contribution is -0.119. The number of aryl methyl sites for hydroxylation is 3. The number of rotatable bonds is 7. The van der Waals surface area contributed by atoms with Crippen LogP contribution in [-0.4, -0.2) is 34.3 Å². The number of methoxy groups -OCH3 is 1. The van der Waals surface area contributed by atoms with Gasteiger partial charge in [0.25, 0.3) is 0 Å². The van der Waals surface area contributed by atoms with E-state index in [0.717, 1.165) is 34.0 Å². The molecule has 0 aliphatic carbocycles. The molecule has 2 atom stereocenters. The normalized spacial score (nSPS) is 16.8. The Bertz CT molecular complexity index is 1570. The van der Waals surface area contributed by atoms with Crippen LogP contribution in [0.1, 0.15) is 45.9 Å². The average Bonchev–Trinajstić information content (AvgIpc) is 3.40. The zero-order valence-electron chi connectivity index (χ0n) is 23.2. The first-order valence-electron chi connectivity index (χ1n) is 13.0. The van der Waals surface area contributed by atoms with Gasteiger partial charge in [-0.05, 0) is 105 Å². The number of pyridine rings is 1. The van der Waals surface area contributed by atoms with Gasteiger partial charge in [0.15, 0.2) is 5.11 Å². The highest BCUT2D eigenvalue weighted by molar-refractivity contribution is 7.80. The standard InChI is InChI=1S/C31H32ClN5O2S/c1-18-12-19(2)14-23(13-18)36-20(3)15-24(21(36)4)30-29(27-8-6-7-11-33-27)35-31(40)37(30)22-9-10-26(25(32)16-22)34-28(38)17-39-5/h6-16,29-30H,17H2,1-5H3,(H,34,38)(H,35,40). The fourth-order valence-electron chi connectivity index (χ4n) is 5.59. The predicted octanol–water partition coefficient (Wildman–Crippen LogP) is 6.52. The minimum atomic E-state index is -0.276. The van der Waals surface area contributed by atoms with Crippen LogP contribution in [0.4, 0.5) is 11.4 Å². The average molecular weight is 574 g/mol. The molecule has 0 saturated carbocycles. The number of amides is 1. The second-order valence-corrected chi connectivity index (χ2v) is 10.9.